The van der Waals surface area contributed by atoms with Gasteiger partial charge in [-0.15, -0.1) is 11.3 Å². The van der Waals surface area contributed by atoms with Crippen LogP contribution in [0.4, 0.5) is 0 Å². The van der Waals surface area contributed by atoms with Gasteiger partial charge >= 0.3 is 0 Å². The zero-order valence-electron chi connectivity index (χ0n) is 10.5. The van der Waals surface area contributed by atoms with Crippen LogP contribution in [-0.2, 0) is 12.0 Å². The third-order valence-corrected chi connectivity index (χ3v) is 4.44. The molecule has 16 heavy (non-hydrogen) atoms. The van der Waals surface area contributed by atoms with Crippen LogP contribution in [0.15, 0.2) is 5.38 Å². The molecule has 90 valence electrons. The summed E-state index contributed by atoms with van der Waals surface area (Å²) in [6.45, 7) is 7.61. The fraction of sp³-hybridized carbons (Fsp3) is 0.769. The van der Waals surface area contributed by atoms with Crippen molar-refractivity contribution in [3.05, 3.63) is 16.1 Å². The fourth-order valence-corrected chi connectivity index (χ4v) is 3.02. The molecular weight excluding hydrogens is 216 g/mol. The molecule has 0 saturated heterocycles. The molecule has 1 aromatic heterocycles. The SMILES string of the molecule is CC(C)(C)c1nc(CNC2CCCC2)cs1. The Balaban J connectivity index is 1.87. The molecule has 0 aromatic carbocycles. The van der Waals surface area contributed by atoms with Gasteiger partial charge in [-0.1, -0.05) is 33.6 Å². The second-order valence-electron chi connectivity index (χ2n) is 5.76. The molecule has 0 unspecified atom stereocenters. The largest absolute Gasteiger partial charge is 0.308 e. The highest BCUT2D eigenvalue weighted by atomic mass is 32.1. The summed E-state index contributed by atoms with van der Waals surface area (Å²) in [4.78, 5) is 4.70. The minimum Gasteiger partial charge on any atom is -0.308 e. The number of aromatic nitrogens is 1. The standard InChI is InChI=1S/C13H22N2S/c1-13(2,3)12-15-11(9-16-12)8-14-10-6-4-5-7-10/h9-10,14H,4-8H2,1-3H3. The molecule has 1 saturated carbocycles. The minimum absolute atomic E-state index is 0.191. The van der Waals surface area contributed by atoms with Gasteiger partial charge in [0.15, 0.2) is 0 Å². The first-order chi connectivity index (χ1) is 7.55. The number of thiazole rings is 1. The van der Waals surface area contributed by atoms with Gasteiger partial charge in [0.2, 0.25) is 0 Å². The number of rotatable bonds is 3. The highest BCUT2D eigenvalue weighted by Crippen LogP contribution is 2.25. The van der Waals surface area contributed by atoms with Gasteiger partial charge in [-0.2, -0.15) is 0 Å². The van der Waals surface area contributed by atoms with Gasteiger partial charge < -0.3 is 5.32 Å². The predicted molar refractivity (Wildman–Crippen MR) is 69.9 cm³/mol. The molecule has 0 bridgehead atoms. The van der Waals surface area contributed by atoms with Crippen LogP contribution in [0.25, 0.3) is 0 Å². The molecule has 1 fully saturated rings. The van der Waals surface area contributed by atoms with Crippen LogP contribution < -0.4 is 5.32 Å². The van der Waals surface area contributed by atoms with Gasteiger partial charge in [0.25, 0.3) is 0 Å². The molecule has 0 spiro atoms. The Morgan fingerprint density at radius 2 is 2.06 bits per heavy atom. The Kier molecular flexibility index (Phi) is 3.65. The molecule has 0 amide bonds. The van der Waals surface area contributed by atoms with E-state index in [-0.39, 0.29) is 5.41 Å². The lowest BCUT2D eigenvalue weighted by molar-refractivity contribution is 0.517. The average Bonchev–Trinajstić information content (AvgIpc) is 2.85. The maximum Gasteiger partial charge on any atom is 0.0982 e. The van der Waals surface area contributed by atoms with Gasteiger partial charge in [-0.25, -0.2) is 4.98 Å². The molecule has 1 heterocycles. The topological polar surface area (TPSA) is 24.9 Å². The number of nitrogens with zero attached hydrogens (tertiary/aromatic N) is 1. The van der Waals surface area contributed by atoms with Crippen molar-refractivity contribution in [2.45, 2.75) is 64.5 Å². The van der Waals surface area contributed by atoms with E-state index in [2.05, 4.69) is 31.5 Å². The van der Waals surface area contributed by atoms with Crippen LogP contribution in [0.1, 0.15) is 57.2 Å². The summed E-state index contributed by atoms with van der Waals surface area (Å²) in [5, 5.41) is 7.05. The summed E-state index contributed by atoms with van der Waals surface area (Å²) in [5.74, 6) is 0. The fourth-order valence-electron chi connectivity index (χ4n) is 2.11. The third kappa shape index (κ3) is 3.05. The molecule has 1 N–H and O–H groups in total. The normalized spacial score (nSPS) is 18.2. The van der Waals surface area contributed by atoms with E-state index < -0.39 is 0 Å². The van der Waals surface area contributed by atoms with E-state index in [9.17, 15) is 0 Å². The van der Waals surface area contributed by atoms with E-state index in [0.717, 1.165) is 12.6 Å². The van der Waals surface area contributed by atoms with Crippen LogP contribution in [-0.4, -0.2) is 11.0 Å². The van der Waals surface area contributed by atoms with E-state index in [1.165, 1.54) is 36.4 Å². The molecule has 1 aliphatic rings. The van der Waals surface area contributed by atoms with Gasteiger partial charge in [-0.3, -0.25) is 0 Å². The van der Waals surface area contributed by atoms with Gasteiger partial charge in [-0.05, 0) is 12.8 Å². The van der Waals surface area contributed by atoms with Crippen LogP contribution in [0, 0.1) is 0 Å². The second-order valence-corrected chi connectivity index (χ2v) is 6.61. The first-order valence-corrected chi connectivity index (χ1v) is 7.12. The Labute approximate surface area is 102 Å². The molecule has 0 radical (unpaired) electrons. The maximum absolute atomic E-state index is 4.70. The summed E-state index contributed by atoms with van der Waals surface area (Å²) < 4.78 is 0. The summed E-state index contributed by atoms with van der Waals surface area (Å²) >= 11 is 1.79. The Hall–Kier alpha value is -0.410. The first-order valence-electron chi connectivity index (χ1n) is 6.24. The van der Waals surface area contributed by atoms with Gasteiger partial charge in [0, 0.05) is 23.4 Å². The quantitative estimate of drug-likeness (QED) is 0.872. The Morgan fingerprint density at radius 1 is 1.38 bits per heavy atom. The van der Waals surface area contributed by atoms with Crippen molar-refractivity contribution in [3.8, 4) is 0 Å². The van der Waals surface area contributed by atoms with Crippen LogP contribution in [0.3, 0.4) is 0 Å². The number of hydrogen-bond acceptors (Lipinski definition) is 3. The minimum atomic E-state index is 0.191. The van der Waals surface area contributed by atoms with Crippen LogP contribution in [0.5, 0.6) is 0 Å². The molecule has 1 aliphatic carbocycles. The number of hydrogen-bond donors (Lipinski definition) is 1. The van der Waals surface area contributed by atoms with E-state index in [1.807, 2.05) is 0 Å². The summed E-state index contributed by atoms with van der Waals surface area (Å²) in [6.07, 6.45) is 5.47. The number of nitrogens with one attached hydrogen (secondary N) is 1. The summed E-state index contributed by atoms with van der Waals surface area (Å²) in [7, 11) is 0. The van der Waals surface area contributed by atoms with Crippen molar-refractivity contribution >= 4 is 11.3 Å². The monoisotopic (exact) mass is 238 g/mol. The first kappa shape index (κ1) is 12.1. The highest BCUT2D eigenvalue weighted by Gasteiger charge is 2.19. The van der Waals surface area contributed by atoms with E-state index in [4.69, 9.17) is 4.98 Å². The molecule has 0 atom stereocenters. The zero-order chi connectivity index (χ0) is 11.6. The summed E-state index contributed by atoms with van der Waals surface area (Å²) in [6, 6.07) is 0.736. The van der Waals surface area contributed by atoms with Crippen molar-refractivity contribution in [1.82, 2.24) is 10.3 Å². The third-order valence-electron chi connectivity index (χ3n) is 3.12. The molecular formula is C13H22N2S. The maximum atomic E-state index is 4.70. The van der Waals surface area contributed by atoms with Crippen LogP contribution >= 0.6 is 11.3 Å². The highest BCUT2D eigenvalue weighted by molar-refractivity contribution is 7.09. The van der Waals surface area contributed by atoms with E-state index >= 15 is 0 Å². The van der Waals surface area contributed by atoms with Gasteiger partial charge in [0.05, 0.1) is 10.7 Å². The molecule has 2 nitrogen and oxygen atoms in total. The average molecular weight is 238 g/mol. The van der Waals surface area contributed by atoms with E-state index in [1.54, 1.807) is 11.3 Å². The van der Waals surface area contributed by atoms with Crippen molar-refractivity contribution in [2.75, 3.05) is 0 Å². The lowest BCUT2D eigenvalue weighted by atomic mass is 9.98. The van der Waals surface area contributed by atoms with Crippen molar-refractivity contribution < 1.29 is 0 Å². The Morgan fingerprint density at radius 3 is 2.62 bits per heavy atom. The van der Waals surface area contributed by atoms with Crippen molar-refractivity contribution in [3.63, 3.8) is 0 Å². The lowest BCUT2D eigenvalue weighted by Crippen LogP contribution is -2.25. The second kappa shape index (κ2) is 4.84. The van der Waals surface area contributed by atoms with E-state index in [0.29, 0.717) is 0 Å². The van der Waals surface area contributed by atoms with Crippen LogP contribution in [0.2, 0.25) is 0 Å². The zero-order valence-corrected chi connectivity index (χ0v) is 11.4. The molecule has 3 heteroatoms. The lowest BCUT2D eigenvalue weighted by Gasteiger charge is -2.14. The van der Waals surface area contributed by atoms with Crippen molar-refractivity contribution in [2.24, 2.45) is 0 Å². The molecule has 0 aliphatic heterocycles. The smallest absolute Gasteiger partial charge is 0.0982 e. The molecule has 1 aromatic rings. The Bertz CT molecular complexity index is 332. The summed E-state index contributed by atoms with van der Waals surface area (Å²) in [5.41, 5.74) is 1.40. The van der Waals surface area contributed by atoms with Gasteiger partial charge in [0.1, 0.15) is 0 Å². The van der Waals surface area contributed by atoms with Crippen molar-refractivity contribution in [1.29, 1.82) is 0 Å². The molecule has 2 rings (SSSR count). The predicted octanol–water partition coefficient (Wildman–Crippen LogP) is 3.47.